The highest BCUT2D eigenvalue weighted by molar-refractivity contribution is 5.84. The molecule has 0 aliphatic rings. The SMILES string of the molecule is CC(C)N(CC(C(=N)N)c1ccccc1)CC(F)(F)F. The Balaban J connectivity index is 2.90. The molecule has 0 heterocycles. The van der Waals surface area contributed by atoms with E-state index in [9.17, 15) is 13.2 Å². The molecule has 0 amide bonds. The van der Waals surface area contributed by atoms with Gasteiger partial charge in [-0.2, -0.15) is 13.2 Å². The van der Waals surface area contributed by atoms with Crippen molar-refractivity contribution in [3.8, 4) is 0 Å². The number of amidine groups is 1. The second kappa shape index (κ2) is 6.74. The number of halogens is 3. The summed E-state index contributed by atoms with van der Waals surface area (Å²) in [5, 5.41) is 7.62. The number of hydrogen-bond acceptors (Lipinski definition) is 2. The monoisotopic (exact) mass is 287 g/mol. The number of hydrogen-bond donors (Lipinski definition) is 2. The number of nitrogens with one attached hydrogen (secondary N) is 1. The molecule has 1 aromatic carbocycles. The minimum Gasteiger partial charge on any atom is -0.387 e. The zero-order valence-electron chi connectivity index (χ0n) is 11.6. The van der Waals surface area contributed by atoms with Crippen LogP contribution in [-0.2, 0) is 0 Å². The molecule has 0 fully saturated rings. The molecule has 0 aliphatic carbocycles. The molecule has 1 unspecified atom stereocenters. The van der Waals surface area contributed by atoms with Gasteiger partial charge in [0, 0.05) is 12.6 Å². The highest BCUT2D eigenvalue weighted by Crippen LogP contribution is 2.22. The van der Waals surface area contributed by atoms with Gasteiger partial charge in [-0.25, -0.2) is 0 Å². The van der Waals surface area contributed by atoms with Gasteiger partial charge in [0.1, 0.15) is 0 Å². The molecular formula is C14H20F3N3. The minimum absolute atomic E-state index is 0.0799. The maximum absolute atomic E-state index is 12.6. The lowest BCUT2D eigenvalue weighted by molar-refractivity contribution is -0.149. The first-order valence-corrected chi connectivity index (χ1v) is 6.40. The molecule has 0 radical (unpaired) electrons. The van der Waals surface area contributed by atoms with Crippen LogP contribution in [0.15, 0.2) is 30.3 Å². The molecule has 1 atom stereocenters. The molecule has 0 saturated heterocycles. The summed E-state index contributed by atoms with van der Waals surface area (Å²) in [7, 11) is 0. The van der Waals surface area contributed by atoms with E-state index in [1.807, 2.05) is 6.07 Å². The van der Waals surface area contributed by atoms with E-state index in [1.165, 1.54) is 4.90 Å². The van der Waals surface area contributed by atoms with E-state index in [0.29, 0.717) is 0 Å². The molecule has 0 saturated carbocycles. The zero-order chi connectivity index (χ0) is 15.3. The van der Waals surface area contributed by atoms with E-state index >= 15 is 0 Å². The average Bonchev–Trinajstić information content (AvgIpc) is 2.33. The fraction of sp³-hybridized carbons (Fsp3) is 0.500. The molecule has 0 bridgehead atoms. The van der Waals surface area contributed by atoms with Crippen LogP contribution in [0.2, 0.25) is 0 Å². The van der Waals surface area contributed by atoms with Crippen LogP contribution < -0.4 is 5.73 Å². The van der Waals surface area contributed by atoms with E-state index in [-0.39, 0.29) is 18.4 Å². The molecule has 6 heteroatoms. The van der Waals surface area contributed by atoms with Crippen LogP contribution >= 0.6 is 0 Å². The van der Waals surface area contributed by atoms with E-state index in [2.05, 4.69) is 0 Å². The van der Waals surface area contributed by atoms with Crippen molar-refractivity contribution in [1.29, 1.82) is 5.41 Å². The van der Waals surface area contributed by atoms with Crippen LogP contribution in [0.3, 0.4) is 0 Å². The average molecular weight is 287 g/mol. The molecule has 1 aromatic rings. The largest absolute Gasteiger partial charge is 0.401 e. The predicted molar refractivity (Wildman–Crippen MR) is 73.9 cm³/mol. The van der Waals surface area contributed by atoms with Gasteiger partial charge in [-0.05, 0) is 19.4 Å². The molecule has 20 heavy (non-hydrogen) atoms. The summed E-state index contributed by atoms with van der Waals surface area (Å²) >= 11 is 0. The van der Waals surface area contributed by atoms with E-state index < -0.39 is 18.6 Å². The maximum Gasteiger partial charge on any atom is 0.401 e. The Hall–Kier alpha value is -1.56. The quantitative estimate of drug-likeness (QED) is 0.624. The van der Waals surface area contributed by atoms with Gasteiger partial charge in [0.25, 0.3) is 0 Å². The molecule has 0 aliphatic heterocycles. The molecule has 1 rings (SSSR count). The van der Waals surface area contributed by atoms with Crippen molar-refractivity contribution in [2.24, 2.45) is 5.73 Å². The third-order valence-corrected chi connectivity index (χ3v) is 3.11. The number of alkyl halides is 3. The molecule has 3 N–H and O–H groups in total. The first-order chi connectivity index (χ1) is 9.20. The lowest BCUT2D eigenvalue weighted by Crippen LogP contribution is -2.43. The number of nitrogens with zero attached hydrogens (tertiary/aromatic N) is 1. The second-order valence-corrected chi connectivity index (χ2v) is 5.06. The lowest BCUT2D eigenvalue weighted by atomic mass is 9.97. The van der Waals surface area contributed by atoms with Crippen molar-refractivity contribution in [1.82, 2.24) is 4.90 Å². The van der Waals surface area contributed by atoms with Gasteiger partial charge in [0.15, 0.2) is 0 Å². The molecule has 0 aromatic heterocycles. The Labute approximate surface area is 117 Å². The number of benzene rings is 1. The topological polar surface area (TPSA) is 53.1 Å². The van der Waals surface area contributed by atoms with Crippen molar-refractivity contribution in [2.75, 3.05) is 13.1 Å². The second-order valence-electron chi connectivity index (χ2n) is 5.06. The van der Waals surface area contributed by atoms with E-state index in [4.69, 9.17) is 11.1 Å². The van der Waals surface area contributed by atoms with Gasteiger partial charge in [-0.15, -0.1) is 0 Å². The minimum atomic E-state index is -4.26. The third-order valence-electron chi connectivity index (χ3n) is 3.11. The molecule has 0 spiro atoms. The Morgan fingerprint density at radius 1 is 1.25 bits per heavy atom. The fourth-order valence-electron chi connectivity index (χ4n) is 1.99. The highest BCUT2D eigenvalue weighted by Gasteiger charge is 2.33. The van der Waals surface area contributed by atoms with Gasteiger partial charge in [0.05, 0.1) is 18.3 Å². The Morgan fingerprint density at radius 2 is 1.80 bits per heavy atom. The van der Waals surface area contributed by atoms with Gasteiger partial charge in [0.2, 0.25) is 0 Å². The van der Waals surface area contributed by atoms with Crippen molar-refractivity contribution < 1.29 is 13.2 Å². The van der Waals surface area contributed by atoms with Gasteiger partial charge >= 0.3 is 6.18 Å². The van der Waals surface area contributed by atoms with Crippen molar-refractivity contribution in [2.45, 2.75) is 32.0 Å². The van der Waals surface area contributed by atoms with Gasteiger partial charge in [-0.3, -0.25) is 10.3 Å². The summed E-state index contributed by atoms with van der Waals surface area (Å²) in [4.78, 5) is 1.29. The van der Waals surface area contributed by atoms with Crippen LogP contribution in [0, 0.1) is 5.41 Å². The van der Waals surface area contributed by atoms with Crippen LogP contribution in [0.1, 0.15) is 25.3 Å². The molecule has 3 nitrogen and oxygen atoms in total. The fourth-order valence-corrected chi connectivity index (χ4v) is 1.99. The smallest absolute Gasteiger partial charge is 0.387 e. The Kier molecular flexibility index (Phi) is 5.56. The van der Waals surface area contributed by atoms with E-state index in [1.54, 1.807) is 38.1 Å². The normalized spacial score (nSPS) is 13.8. The Bertz CT molecular complexity index is 429. The standard InChI is InChI=1S/C14H20F3N3/c1-10(2)20(9-14(15,16)17)8-12(13(18)19)11-6-4-3-5-7-11/h3-7,10,12H,8-9H2,1-2H3,(H3,18,19). The van der Waals surface area contributed by atoms with Crippen LogP contribution in [-0.4, -0.2) is 36.0 Å². The summed E-state index contributed by atoms with van der Waals surface area (Å²) in [5.74, 6) is -0.648. The Morgan fingerprint density at radius 3 is 2.20 bits per heavy atom. The highest BCUT2D eigenvalue weighted by atomic mass is 19.4. The van der Waals surface area contributed by atoms with Crippen LogP contribution in [0.25, 0.3) is 0 Å². The molecule has 112 valence electrons. The van der Waals surface area contributed by atoms with Crippen molar-refractivity contribution in [3.05, 3.63) is 35.9 Å². The lowest BCUT2D eigenvalue weighted by Gasteiger charge is -2.31. The van der Waals surface area contributed by atoms with Crippen molar-refractivity contribution >= 4 is 5.84 Å². The summed E-state index contributed by atoms with van der Waals surface area (Å²) in [6.07, 6.45) is -4.26. The summed E-state index contributed by atoms with van der Waals surface area (Å²) < 4.78 is 37.8. The molecular weight excluding hydrogens is 267 g/mol. The first-order valence-electron chi connectivity index (χ1n) is 6.40. The zero-order valence-corrected chi connectivity index (χ0v) is 11.6. The predicted octanol–water partition coefficient (Wildman–Crippen LogP) is 2.98. The summed E-state index contributed by atoms with van der Waals surface area (Å²) in [6.45, 7) is 2.49. The summed E-state index contributed by atoms with van der Waals surface area (Å²) in [6, 6.07) is 8.67. The number of rotatable bonds is 6. The van der Waals surface area contributed by atoms with Crippen LogP contribution in [0.4, 0.5) is 13.2 Å². The third kappa shape index (κ3) is 5.21. The van der Waals surface area contributed by atoms with E-state index in [0.717, 1.165) is 5.56 Å². The van der Waals surface area contributed by atoms with Gasteiger partial charge < -0.3 is 5.73 Å². The number of nitrogens with two attached hydrogens (primary N) is 1. The summed E-state index contributed by atoms with van der Waals surface area (Å²) in [5.41, 5.74) is 6.31. The first kappa shape index (κ1) is 16.5. The maximum atomic E-state index is 12.6. The van der Waals surface area contributed by atoms with Crippen molar-refractivity contribution in [3.63, 3.8) is 0 Å². The van der Waals surface area contributed by atoms with Crippen LogP contribution in [0.5, 0.6) is 0 Å². The van der Waals surface area contributed by atoms with Gasteiger partial charge in [-0.1, -0.05) is 30.3 Å².